The van der Waals surface area contributed by atoms with E-state index in [1.807, 2.05) is 54.6 Å². The SMILES string of the molecule is COC(=O)c1cccc(CN(CC2CCNC2)c2ccc(Oc3ccc(Cl)cc3)cc2)c1. The molecule has 0 spiro atoms. The van der Waals surface area contributed by atoms with Crippen LogP contribution in [-0.2, 0) is 11.3 Å². The van der Waals surface area contributed by atoms with Crippen molar-refractivity contribution in [1.29, 1.82) is 0 Å². The Kier molecular flexibility index (Phi) is 7.30. The topological polar surface area (TPSA) is 50.8 Å². The number of anilines is 1. The lowest BCUT2D eigenvalue weighted by atomic mass is 10.1. The summed E-state index contributed by atoms with van der Waals surface area (Å²) in [7, 11) is 1.40. The van der Waals surface area contributed by atoms with Crippen molar-refractivity contribution in [3.63, 3.8) is 0 Å². The van der Waals surface area contributed by atoms with Gasteiger partial charge in [0.15, 0.2) is 0 Å². The van der Waals surface area contributed by atoms with E-state index in [0.717, 1.165) is 48.8 Å². The van der Waals surface area contributed by atoms with E-state index < -0.39 is 0 Å². The minimum Gasteiger partial charge on any atom is -0.465 e. The number of esters is 1. The normalized spacial score (nSPS) is 15.4. The van der Waals surface area contributed by atoms with Gasteiger partial charge in [0.05, 0.1) is 12.7 Å². The van der Waals surface area contributed by atoms with Crippen LogP contribution >= 0.6 is 11.6 Å². The Bertz CT molecular complexity index is 1030. The minimum absolute atomic E-state index is 0.318. The molecule has 0 amide bonds. The first kappa shape index (κ1) is 22.2. The van der Waals surface area contributed by atoms with Crippen molar-refractivity contribution in [1.82, 2.24) is 5.32 Å². The van der Waals surface area contributed by atoms with E-state index in [2.05, 4.69) is 22.3 Å². The van der Waals surface area contributed by atoms with Gasteiger partial charge in [-0.05, 0) is 91.7 Å². The molecule has 0 bridgehead atoms. The van der Waals surface area contributed by atoms with Crippen molar-refractivity contribution in [2.75, 3.05) is 31.6 Å². The molecule has 1 unspecified atom stereocenters. The zero-order valence-corrected chi connectivity index (χ0v) is 18.8. The first-order chi connectivity index (χ1) is 15.6. The smallest absolute Gasteiger partial charge is 0.337 e. The van der Waals surface area contributed by atoms with Crippen molar-refractivity contribution in [2.24, 2.45) is 5.92 Å². The average Bonchev–Trinajstić information content (AvgIpc) is 3.33. The lowest BCUT2D eigenvalue weighted by molar-refractivity contribution is 0.0600. The Morgan fingerprint density at radius 1 is 1.06 bits per heavy atom. The molecule has 6 heteroatoms. The van der Waals surface area contributed by atoms with E-state index in [0.29, 0.717) is 23.0 Å². The van der Waals surface area contributed by atoms with Crippen LogP contribution in [0.4, 0.5) is 5.69 Å². The van der Waals surface area contributed by atoms with Crippen LogP contribution in [0.3, 0.4) is 0 Å². The zero-order chi connectivity index (χ0) is 22.3. The Hall–Kier alpha value is -3.02. The fourth-order valence-electron chi connectivity index (χ4n) is 3.94. The van der Waals surface area contributed by atoms with Gasteiger partial charge in [0, 0.05) is 23.8 Å². The molecule has 1 saturated heterocycles. The number of benzene rings is 3. The van der Waals surface area contributed by atoms with E-state index >= 15 is 0 Å². The molecule has 1 fully saturated rings. The molecule has 1 aliphatic rings. The van der Waals surface area contributed by atoms with Crippen LogP contribution in [0.25, 0.3) is 0 Å². The van der Waals surface area contributed by atoms with Gasteiger partial charge < -0.3 is 19.7 Å². The molecule has 1 heterocycles. The van der Waals surface area contributed by atoms with Crippen LogP contribution in [0.1, 0.15) is 22.3 Å². The molecular formula is C26H27ClN2O3. The van der Waals surface area contributed by atoms with Gasteiger partial charge in [-0.3, -0.25) is 0 Å². The molecule has 1 aliphatic heterocycles. The molecule has 0 aliphatic carbocycles. The molecule has 0 saturated carbocycles. The van der Waals surface area contributed by atoms with E-state index in [1.165, 1.54) is 7.11 Å². The Labute approximate surface area is 193 Å². The minimum atomic E-state index is -0.318. The van der Waals surface area contributed by atoms with Crippen LogP contribution in [0.2, 0.25) is 5.02 Å². The highest BCUT2D eigenvalue weighted by molar-refractivity contribution is 6.30. The summed E-state index contributed by atoms with van der Waals surface area (Å²) in [6.07, 6.45) is 1.16. The number of hydrogen-bond donors (Lipinski definition) is 1. The van der Waals surface area contributed by atoms with Crippen molar-refractivity contribution in [3.8, 4) is 11.5 Å². The van der Waals surface area contributed by atoms with Gasteiger partial charge in [0.25, 0.3) is 0 Å². The average molecular weight is 451 g/mol. The number of methoxy groups -OCH3 is 1. The highest BCUT2D eigenvalue weighted by Crippen LogP contribution is 2.27. The maximum Gasteiger partial charge on any atom is 0.337 e. The van der Waals surface area contributed by atoms with Crippen LogP contribution in [0.5, 0.6) is 11.5 Å². The van der Waals surface area contributed by atoms with Crippen molar-refractivity contribution in [3.05, 3.63) is 88.9 Å². The number of ether oxygens (including phenoxy) is 2. The Balaban J connectivity index is 1.52. The van der Waals surface area contributed by atoms with Crippen LogP contribution in [0, 0.1) is 5.92 Å². The number of carbonyl (C=O) groups is 1. The largest absolute Gasteiger partial charge is 0.465 e. The van der Waals surface area contributed by atoms with Crippen LogP contribution < -0.4 is 15.0 Å². The number of nitrogens with zero attached hydrogens (tertiary/aromatic N) is 1. The second-order valence-corrected chi connectivity index (χ2v) is 8.42. The lowest BCUT2D eigenvalue weighted by Crippen LogP contribution is -2.30. The molecular weight excluding hydrogens is 424 g/mol. The summed E-state index contributed by atoms with van der Waals surface area (Å²) < 4.78 is 10.8. The third-order valence-electron chi connectivity index (χ3n) is 5.61. The summed E-state index contributed by atoms with van der Waals surface area (Å²) in [6, 6.07) is 23.1. The second-order valence-electron chi connectivity index (χ2n) is 7.98. The predicted octanol–water partition coefficient (Wildman–Crippen LogP) is 5.54. The van der Waals surface area contributed by atoms with Gasteiger partial charge in [-0.1, -0.05) is 23.7 Å². The zero-order valence-electron chi connectivity index (χ0n) is 18.1. The standard InChI is InChI=1S/C26H27ClN2O3/c1-31-26(30)21-4-2-3-19(15-21)17-29(18-20-13-14-28-16-20)23-7-11-25(12-8-23)32-24-9-5-22(27)6-10-24/h2-12,15,20,28H,13-14,16-18H2,1H3. The molecule has 0 aromatic heterocycles. The second kappa shape index (κ2) is 10.5. The quantitative estimate of drug-likeness (QED) is 0.457. The predicted molar refractivity (Wildman–Crippen MR) is 128 cm³/mol. The summed E-state index contributed by atoms with van der Waals surface area (Å²) in [4.78, 5) is 14.3. The summed E-state index contributed by atoms with van der Waals surface area (Å²) in [5, 5.41) is 4.13. The molecule has 1 N–H and O–H groups in total. The number of nitrogens with one attached hydrogen (secondary N) is 1. The molecule has 4 rings (SSSR count). The number of hydrogen-bond acceptors (Lipinski definition) is 5. The fourth-order valence-corrected chi connectivity index (χ4v) is 4.07. The van der Waals surface area contributed by atoms with Crippen LogP contribution in [-0.4, -0.2) is 32.7 Å². The van der Waals surface area contributed by atoms with Gasteiger partial charge in [-0.2, -0.15) is 0 Å². The van der Waals surface area contributed by atoms with Gasteiger partial charge in [0.2, 0.25) is 0 Å². The van der Waals surface area contributed by atoms with Gasteiger partial charge in [-0.15, -0.1) is 0 Å². The first-order valence-electron chi connectivity index (χ1n) is 10.8. The molecule has 32 heavy (non-hydrogen) atoms. The first-order valence-corrected chi connectivity index (χ1v) is 11.1. The number of carbonyl (C=O) groups excluding carboxylic acids is 1. The van der Waals surface area contributed by atoms with E-state index in [9.17, 15) is 4.79 Å². The maximum atomic E-state index is 11.9. The highest BCUT2D eigenvalue weighted by atomic mass is 35.5. The monoisotopic (exact) mass is 450 g/mol. The Morgan fingerprint density at radius 2 is 1.78 bits per heavy atom. The number of rotatable bonds is 8. The van der Waals surface area contributed by atoms with Gasteiger partial charge in [0.1, 0.15) is 11.5 Å². The third-order valence-corrected chi connectivity index (χ3v) is 5.87. The molecule has 5 nitrogen and oxygen atoms in total. The fraction of sp³-hybridized carbons (Fsp3) is 0.269. The van der Waals surface area contributed by atoms with E-state index in [4.69, 9.17) is 21.1 Å². The van der Waals surface area contributed by atoms with Crippen molar-refractivity contribution >= 4 is 23.3 Å². The summed E-state index contributed by atoms with van der Waals surface area (Å²) in [6.45, 7) is 3.73. The number of halogens is 1. The van der Waals surface area contributed by atoms with E-state index in [-0.39, 0.29) is 5.97 Å². The molecule has 3 aromatic carbocycles. The van der Waals surface area contributed by atoms with Crippen molar-refractivity contribution in [2.45, 2.75) is 13.0 Å². The maximum absolute atomic E-state index is 11.9. The molecule has 1 atom stereocenters. The molecule has 0 radical (unpaired) electrons. The lowest BCUT2D eigenvalue weighted by Gasteiger charge is -2.28. The summed E-state index contributed by atoms with van der Waals surface area (Å²) >= 11 is 5.95. The van der Waals surface area contributed by atoms with Crippen molar-refractivity contribution < 1.29 is 14.3 Å². The summed E-state index contributed by atoms with van der Waals surface area (Å²) in [5.41, 5.74) is 2.75. The van der Waals surface area contributed by atoms with Gasteiger partial charge in [-0.25, -0.2) is 4.79 Å². The Morgan fingerprint density at radius 3 is 2.44 bits per heavy atom. The molecule has 166 valence electrons. The van der Waals surface area contributed by atoms with Gasteiger partial charge >= 0.3 is 5.97 Å². The van der Waals surface area contributed by atoms with Crippen LogP contribution in [0.15, 0.2) is 72.8 Å². The highest BCUT2D eigenvalue weighted by Gasteiger charge is 2.19. The van der Waals surface area contributed by atoms with E-state index in [1.54, 1.807) is 6.07 Å². The third kappa shape index (κ3) is 5.81. The summed E-state index contributed by atoms with van der Waals surface area (Å²) in [5.74, 6) is 1.78. The molecule has 3 aromatic rings.